The Hall–Kier alpha value is -2.98. The van der Waals surface area contributed by atoms with Crippen LogP contribution in [0, 0.1) is 0 Å². The lowest BCUT2D eigenvalue weighted by molar-refractivity contribution is -0.301. The van der Waals surface area contributed by atoms with E-state index in [0.29, 0.717) is 13.0 Å². The molecule has 0 aromatic heterocycles. The van der Waals surface area contributed by atoms with Crippen LogP contribution in [0.4, 0.5) is 0 Å². The summed E-state index contributed by atoms with van der Waals surface area (Å²) in [5, 5.41) is 30.7. The summed E-state index contributed by atoms with van der Waals surface area (Å²) in [5.74, 6) is -0.424. The number of unbranched alkanes of at least 4 members (excludes halogenated alkanes) is 11. The smallest absolute Gasteiger partial charge is 0.397 e. The van der Waals surface area contributed by atoms with Crippen LogP contribution in [0.2, 0.25) is 0 Å². The van der Waals surface area contributed by atoms with Crippen LogP contribution in [0.25, 0.3) is 0 Å². The van der Waals surface area contributed by atoms with Gasteiger partial charge in [-0.25, -0.2) is 4.18 Å². The maximum Gasteiger partial charge on any atom is 0.397 e. The van der Waals surface area contributed by atoms with Gasteiger partial charge in [-0.15, -0.1) is 0 Å². The number of hydrogen-bond acceptors (Lipinski definition) is 11. The van der Waals surface area contributed by atoms with Crippen LogP contribution in [0.3, 0.4) is 0 Å². The first-order chi connectivity index (χ1) is 31.1. The lowest BCUT2D eigenvalue weighted by atomic mass is 9.99. The van der Waals surface area contributed by atoms with E-state index in [2.05, 4.69) is 115 Å². The van der Waals surface area contributed by atoms with E-state index in [4.69, 9.17) is 18.9 Å². The molecule has 1 rings (SSSR count). The van der Waals surface area contributed by atoms with Gasteiger partial charge in [-0.3, -0.25) is 9.35 Å². The number of esters is 1. The zero-order chi connectivity index (χ0) is 46.8. The van der Waals surface area contributed by atoms with E-state index in [9.17, 15) is 33.1 Å². The molecule has 6 unspecified atom stereocenters. The minimum Gasteiger partial charge on any atom is -0.457 e. The Morgan fingerprint density at radius 1 is 0.594 bits per heavy atom. The molecular weight excluding hydrogens is 837 g/mol. The van der Waals surface area contributed by atoms with E-state index in [1.807, 2.05) is 0 Å². The minimum atomic E-state index is -5.07. The molecule has 366 valence electrons. The summed E-state index contributed by atoms with van der Waals surface area (Å²) in [5.41, 5.74) is 0. The summed E-state index contributed by atoms with van der Waals surface area (Å²) < 4.78 is 59.1. The van der Waals surface area contributed by atoms with Crippen molar-refractivity contribution in [3.63, 3.8) is 0 Å². The van der Waals surface area contributed by atoms with Crippen LogP contribution >= 0.6 is 0 Å². The molecule has 0 aromatic carbocycles. The Balaban J connectivity index is 2.43. The lowest BCUT2D eigenvalue weighted by Crippen LogP contribution is -2.60. The van der Waals surface area contributed by atoms with Gasteiger partial charge in [-0.05, 0) is 89.9 Å². The molecule has 0 radical (unpaired) electrons. The van der Waals surface area contributed by atoms with Gasteiger partial charge in [0, 0.05) is 13.0 Å². The molecule has 12 nitrogen and oxygen atoms in total. The van der Waals surface area contributed by atoms with E-state index in [-0.39, 0.29) is 19.6 Å². The number of allylic oxidation sites excluding steroid dienone is 16. The summed E-state index contributed by atoms with van der Waals surface area (Å²) in [6.45, 7) is 3.66. The van der Waals surface area contributed by atoms with Gasteiger partial charge in [0.25, 0.3) is 0 Å². The molecule has 0 spiro atoms. The van der Waals surface area contributed by atoms with Crippen LogP contribution in [0.15, 0.2) is 97.2 Å². The van der Waals surface area contributed by atoms with Crippen molar-refractivity contribution in [3.8, 4) is 0 Å². The van der Waals surface area contributed by atoms with Gasteiger partial charge in [-0.2, -0.15) is 8.42 Å². The van der Waals surface area contributed by atoms with Gasteiger partial charge in [0.15, 0.2) is 6.29 Å². The fourth-order valence-corrected chi connectivity index (χ4v) is 7.16. The lowest BCUT2D eigenvalue weighted by Gasteiger charge is -2.41. The van der Waals surface area contributed by atoms with Crippen molar-refractivity contribution in [1.29, 1.82) is 0 Å². The zero-order valence-corrected chi connectivity index (χ0v) is 39.9. The number of aliphatic hydroxyl groups is 3. The molecule has 1 aliphatic heterocycles. The number of rotatable bonds is 40. The molecule has 0 amide bonds. The number of aliphatic hydroxyl groups excluding tert-OH is 3. The maximum atomic E-state index is 12.9. The topological polar surface area (TPSA) is 178 Å². The molecule has 1 heterocycles. The summed E-state index contributed by atoms with van der Waals surface area (Å²) in [7, 11) is -5.07. The second kappa shape index (κ2) is 41.5. The first-order valence-corrected chi connectivity index (χ1v) is 25.4. The summed E-state index contributed by atoms with van der Waals surface area (Å²) in [4.78, 5) is 12.9. The Labute approximate surface area is 386 Å². The van der Waals surface area contributed by atoms with Gasteiger partial charge in [0.2, 0.25) is 0 Å². The molecule has 13 heteroatoms. The second-order valence-electron chi connectivity index (χ2n) is 15.9. The molecule has 0 bridgehead atoms. The summed E-state index contributed by atoms with van der Waals surface area (Å²) >= 11 is 0. The van der Waals surface area contributed by atoms with Crippen LogP contribution in [-0.2, 0) is 38.3 Å². The fraction of sp³-hybridized carbons (Fsp3) is 0.667. The molecular formula is C51H84O12S. The van der Waals surface area contributed by atoms with Gasteiger partial charge < -0.3 is 34.3 Å². The van der Waals surface area contributed by atoms with Crippen molar-refractivity contribution >= 4 is 16.4 Å². The van der Waals surface area contributed by atoms with Crippen LogP contribution in [0.1, 0.15) is 155 Å². The highest BCUT2D eigenvalue weighted by Gasteiger charge is 2.48. The molecule has 64 heavy (non-hydrogen) atoms. The second-order valence-corrected chi connectivity index (χ2v) is 17.0. The minimum absolute atomic E-state index is 0.00467. The molecule has 1 aliphatic rings. The molecule has 0 aromatic rings. The van der Waals surface area contributed by atoms with Crippen LogP contribution in [0.5, 0.6) is 0 Å². The Kier molecular flexibility index (Phi) is 38.2. The number of ether oxygens (including phenoxy) is 4. The molecule has 4 N–H and O–H groups in total. The molecule has 1 saturated heterocycles. The Bertz CT molecular complexity index is 1480. The van der Waals surface area contributed by atoms with E-state index in [1.165, 1.54) is 25.7 Å². The highest BCUT2D eigenvalue weighted by molar-refractivity contribution is 7.80. The Morgan fingerprint density at radius 3 is 1.50 bits per heavy atom. The van der Waals surface area contributed by atoms with E-state index in [0.717, 1.165) is 103 Å². The quantitative estimate of drug-likeness (QED) is 0.0198. The molecule has 0 aliphatic carbocycles. The van der Waals surface area contributed by atoms with Crippen molar-refractivity contribution in [1.82, 2.24) is 0 Å². The first kappa shape index (κ1) is 59.0. The average Bonchev–Trinajstić information content (AvgIpc) is 3.27. The molecule has 6 atom stereocenters. The largest absolute Gasteiger partial charge is 0.457 e. The van der Waals surface area contributed by atoms with Gasteiger partial charge in [-0.1, -0.05) is 156 Å². The average molecular weight is 921 g/mol. The van der Waals surface area contributed by atoms with Crippen molar-refractivity contribution in [2.75, 3.05) is 26.4 Å². The summed E-state index contributed by atoms with van der Waals surface area (Å²) in [6.07, 6.45) is 47.2. The third kappa shape index (κ3) is 34.4. The number of carbonyl (C=O) groups excluding carboxylic acids is 1. The highest BCUT2D eigenvalue weighted by Crippen LogP contribution is 2.26. The fourth-order valence-electron chi connectivity index (χ4n) is 6.65. The molecule has 1 fully saturated rings. The van der Waals surface area contributed by atoms with Crippen molar-refractivity contribution in [2.24, 2.45) is 0 Å². The van der Waals surface area contributed by atoms with E-state index >= 15 is 0 Å². The normalized spacial score (nSPS) is 20.6. The van der Waals surface area contributed by atoms with Gasteiger partial charge in [0.1, 0.15) is 30.5 Å². The van der Waals surface area contributed by atoms with Gasteiger partial charge in [0.05, 0.1) is 19.8 Å². The standard InChI is InChI=1S/C51H84O12S/c1-3-5-7-9-11-13-15-17-19-21-22-23-24-25-26-28-30-32-34-36-38-40-47(53)61-45(44-60-51-49(55)50(63-64(56,57)58)48(54)46(42-52)62-51)43-59-41-39-37-35-33-31-29-27-20-18-16-14-12-10-8-6-4-2/h5-8,11-14,17-20,22-23,29,31,45-46,48-52,54-55H,3-4,9-10,15-16,21,24-28,30,32-44H2,1-2H3,(H,56,57,58)/b7-5-,8-6-,13-11-,14-12-,19-17-,20-18-,23-22-,31-29-. The third-order valence-electron chi connectivity index (χ3n) is 10.2. The SMILES string of the molecule is CC/C=C\C/C=C\C/C=C\C/C=C\CCCCCCCCCCC(=O)OC(COCCCCC/C=C\C/C=C\C/C=C\C/C=C\CC)COC1OC(CO)C(O)C(OS(=O)(=O)O)C1O. The maximum absolute atomic E-state index is 12.9. The Morgan fingerprint density at radius 2 is 1.03 bits per heavy atom. The highest BCUT2D eigenvalue weighted by atomic mass is 32.3. The molecule has 0 saturated carbocycles. The first-order valence-electron chi connectivity index (χ1n) is 24.0. The number of hydrogen-bond donors (Lipinski definition) is 4. The summed E-state index contributed by atoms with van der Waals surface area (Å²) in [6, 6.07) is 0. The zero-order valence-electron chi connectivity index (χ0n) is 39.0. The van der Waals surface area contributed by atoms with E-state index < -0.39 is 59.8 Å². The van der Waals surface area contributed by atoms with Crippen molar-refractivity contribution in [2.45, 2.75) is 192 Å². The predicted molar refractivity (Wildman–Crippen MR) is 257 cm³/mol. The monoisotopic (exact) mass is 921 g/mol. The third-order valence-corrected chi connectivity index (χ3v) is 10.7. The van der Waals surface area contributed by atoms with Crippen molar-refractivity contribution < 1.29 is 56.2 Å². The van der Waals surface area contributed by atoms with Crippen molar-refractivity contribution in [3.05, 3.63) is 97.2 Å². The van der Waals surface area contributed by atoms with Crippen LogP contribution < -0.4 is 0 Å². The number of carbonyl (C=O) groups is 1. The van der Waals surface area contributed by atoms with Gasteiger partial charge >= 0.3 is 16.4 Å². The predicted octanol–water partition coefficient (Wildman–Crippen LogP) is 10.6. The van der Waals surface area contributed by atoms with Crippen LogP contribution in [-0.4, -0.2) is 97.5 Å². The van der Waals surface area contributed by atoms with E-state index in [1.54, 1.807) is 0 Å².